The molecule has 1 aromatic carbocycles. The van der Waals surface area contributed by atoms with E-state index in [2.05, 4.69) is 4.98 Å². The highest BCUT2D eigenvalue weighted by molar-refractivity contribution is 6.32. The molecule has 2 aromatic rings. The van der Waals surface area contributed by atoms with Crippen molar-refractivity contribution in [1.29, 1.82) is 0 Å². The molecular weight excluding hydrogens is 248 g/mol. The molecule has 0 saturated heterocycles. The summed E-state index contributed by atoms with van der Waals surface area (Å²) in [6.07, 6.45) is 0. The molecule has 0 spiro atoms. The molecule has 0 aliphatic heterocycles. The van der Waals surface area contributed by atoms with Crippen LogP contribution in [-0.4, -0.2) is 10.1 Å². The molecule has 0 unspecified atom stereocenters. The van der Waals surface area contributed by atoms with Gasteiger partial charge in [-0.15, -0.1) is 0 Å². The summed E-state index contributed by atoms with van der Waals surface area (Å²) in [7, 11) is 0. The van der Waals surface area contributed by atoms with E-state index >= 15 is 0 Å². The quantitative estimate of drug-likeness (QED) is 0.836. The van der Waals surface area contributed by atoms with Crippen molar-refractivity contribution in [1.82, 2.24) is 4.98 Å². The second kappa shape index (κ2) is 4.77. The second-order valence-electron chi connectivity index (χ2n) is 3.40. The van der Waals surface area contributed by atoms with E-state index in [1.807, 2.05) is 0 Å². The maximum atomic E-state index is 13.5. The van der Waals surface area contributed by atoms with Crippen molar-refractivity contribution in [2.45, 2.75) is 6.61 Å². The first-order valence-electron chi connectivity index (χ1n) is 4.84. The van der Waals surface area contributed by atoms with Crippen molar-refractivity contribution in [3.63, 3.8) is 0 Å². The van der Waals surface area contributed by atoms with Crippen LogP contribution in [0.2, 0.25) is 5.15 Å². The summed E-state index contributed by atoms with van der Waals surface area (Å²) in [6, 6.07) is 6.84. The molecule has 17 heavy (non-hydrogen) atoms. The number of pyridine rings is 1. The van der Waals surface area contributed by atoms with Crippen molar-refractivity contribution in [3.05, 3.63) is 52.8 Å². The van der Waals surface area contributed by atoms with Crippen LogP contribution in [0.1, 0.15) is 5.69 Å². The minimum atomic E-state index is -0.965. The number of hydrogen-bond donors (Lipinski definition) is 1. The van der Waals surface area contributed by atoms with Crippen LogP contribution in [0.15, 0.2) is 30.3 Å². The predicted octanol–water partition coefficient (Wildman–Crippen LogP) is 3.17. The van der Waals surface area contributed by atoms with Crippen molar-refractivity contribution in [2.24, 2.45) is 0 Å². The number of halogens is 3. The third-order valence-electron chi connectivity index (χ3n) is 2.31. The second-order valence-corrected chi connectivity index (χ2v) is 3.76. The number of hydrogen-bond acceptors (Lipinski definition) is 2. The van der Waals surface area contributed by atoms with Crippen LogP contribution in [0, 0.1) is 11.6 Å². The maximum Gasteiger partial charge on any atom is 0.166 e. The normalized spacial score (nSPS) is 10.6. The molecule has 2 nitrogen and oxygen atoms in total. The van der Waals surface area contributed by atoms with Crippen molar-refractivity contribution < 1.29 is 13.9 Å². The first-order valence-corrected chi connectivity index (χ1v) is 5.22. The molecule has 1 heterocycles. The van der Waals surface area contributed by atoms with Gasteiger partial charge in [0.05, 0.1) is 12.3 Å². The van der Waals surface area contributed by atoms with Gasteiger partial charge in [0.2, 0.25) is 0 Å². The van der Waals surface area contributed by atoms with E-state index in [0.29, 0.717) is 11.3 Å². The summed E-state index contributed by atoms with van der Waals surface area (Å²) < 4.78 is 26.6. The third-order valence-corrected chi connectivity index (χ3v) is 2.60. The molecule has 0 radical (unpaired) electrons. The molecule has 0 bridgehead atoms. The number of aliphatic hydroxyl groups excluding tert-OH is 1. The first kappa shape index (κ1) is 12.0. The Bertz CT molecular complexity index is 560. The van der Waals surface area contributed by atoms with Crippen molar-refractivity contribution in [3.8, 4) is 11.1 Å². The Morgan fingerprint density at radius 2 is 1.88 bits per heavy atom. The largest absolute Gasteiger partial charge is 0.390 e. The fraction of sp³-hybridized carbons (Fsp3) is 0.0833. The monoisotopic (exact) mass is 255 g/mol. The van der Waals surface area contributed by atoms with Crippen LogP contribution in [-0.2, 0) is 6.61 Å². The van der Waals surface area contributed by atoms with Gasteiger partial charge < -0.3 is 5.11 Å². The summed E-state index contributed by atoms with van der Waals surface area (Å²) in [6.45, 7) is -0.258. The molecule has 5 heteroatoms. The highest BCUT2D eigenvalue weighted by Gasteiger charge is 2.13. The van der Waals surface area contributed by atoms with Gasteiger partial charge in [-0.05, 0) is 18.2 Å². The van der Waals surface area contributed by atoms with Crippen LogP contribution >= 0.6 is 11.6 Å². The number of aliphatic hydroxyl groups is 1. The van der Waals surface area contributed by atoms with Crippen LogP contribution < -0.4 is 0 Å². The summed E-state index contributed by atoms with van der Waals surface area (Å²) in [5.41, 5.74) is 0.711. The van der Waals surface area contributed by atoms with Gasteiger partial charge in [0.25, 0.3) is 0 Å². The van der Waals surface area contributed by atoms with E-state index in [1.54, 1.807) is 0 Å². The first-order chi connectivity index (χ1) is 8.13. The summed E-state index contributed by atoms with van der Waals surface area (Å²) >= 11 is 5.86. The van der Waals surface area contributed by atoms with Gasteiger partial charge in [-0.3, -0.25) is 0 Å². The smallest absolute Gasteiger partial charge is 0.166 e. The van der Waals surface area contributed by atoms with Gasteiger partial charge in [0.15, 0.2) is 11.6 Å². The minimum absolute atomic E-state index is 0.0288. The molecule has 1 N–H and O–H groups in total. The van der Waals surface area contributed by atoms with E-state index in [4.69, 9.17) is 16.7 Å². The van der Waals surface area contributed by atoms with E-state index in [9.17, 15) is 8.78 Å². The average molecular weight is 256 g/mol. The van der Waals surface area contributed by atoms with E-state index < -0.39 is 11.6 Å². The Morgan fingerprint density at radius 1 is 1.12 bits per heavy atom. The Hall–Kier alpha value is -1.52. The molecule has 88 valence electrons. The SMILES string of the molecule is OCc1ccc(-c2cccc(F)c2F)c(Cl)n1. The van der Waals surface area contributed by atoms with Crippen LogP contribution in [0.25, 0.3) is 11.1 Å². The maximum absolute atomic E-state index is 13.5. The minimum Gasteiger partial charge on any atom is -0.390 e. The van der Waals surface area contributed by atoms with Crippen LogP contribution in [0.5, 0.6) is 0 Å². The number of nitrogens with zero attached hydrogens (tertiary/aromatic N) is 1. The number of rotatable bonds is 2. The topological polar surface area (TPSA) is 33.1 Å². The summed E-state index contributed by atoms with van der Waals surface area (Å²) in [4.78, 5) is 3.87. The molecule has 2 rings (SSSR count). The molecule has 0 aliphatic carbocycles. The average Bonchev–Trinajstić information content (AvgIpc) is 2.33. The van der Waals surface area contributed by atoms with Gasteiger partial charge in [0, 0.05) is 11.1 Å². The molecule has 0 aliphatic rings. The standard InChI is InChI=1S/C12H8ClF2NO/c13-12-9(5-4-7(6-17)16-12)8-2-1-3-10(14)11(8)15/h1-5,17H,6H2. The molecule has 0 amide bonds. The van der Waals surface area contributed by atoms with Gasteiger partial charge in [-0.2, -0.15) is 0 Å². The highest BCUT2D eigenvalue weighted by atomic mass is 35.5. The van der Waals surface area contributed by atoms with Crippen molar-refractivity contribution >= 4 is 11.6 Å². The lowest BCUT2D eigenvalue weighted by Crippen LogP contribution is -1.94. The lowest BCUT2D eigenvalue weighted by Gasteiger charge is -2.06. The van der Waals surface area contributed by atoms with E-state index in [-0.39, 0.29) is 17.3 Å². The fourth-order valence-corrected chi connectivity index (χ4v) is 1.75. The summed E-state index contributed by atoms with van der Waals surface area (Å²) in [5, 5.41) is 8.90. The fourth-order valence-electron chi connectivity index (χ4n) is 1.47. The van der Waals surface area contributed by atoms with Gasteiger partial charge >= 0.3 is 0 Å². The van der Waals surface area contributed by atoms with E-state index in [1.165, 1.54) is 24.3 Å². The van der Waals surface area contributed by atoms with Gasteiger partial charge in [-0.1, -0.05) is 23.7 Å². The predicted molar refractivity (Wildman–Crippen MR) is 60.5 cm³/mol. The lowest BCUT2D eigenvalue weighted by molar-refractivity contribution is 0.277. The Balaban J connectivity index is 2.57. The Labute approximate surface area is 102 Å². The Morgan fingerprint density at radius 3 is 2.53 bits per heavy atom. The lowest BCUT2D eigenvalue weighted by atomic mass is 10.1. The molecular formula is C12H8ClF2NO. The summed E-state index contributed by atoms with van der Waals surface area (Å²) in [5.74, 6) is -1.90. The van der Waals surface area contributed by atoms with E-state index in [0.717, 1.165) is 6.07 Å². The van der Waals surface area contributed by atoms with Crippen LogP contribution in [0.4, 0.5) is 8.78 Å². The van der Waals surface area contributed by atoms with Gasteiger partial charge in [-0.25, -0.2) is 13.8 Å². The van der Waals surface area contributed by atoms with Crippen molar-refractivity contribution in [2.75, 3.05) is 0 Å². The van der Waals surface area contributed by atoms with Crippen LogP contribution in [0.3, 0.4) is 0 Å². The number of aromatic nitrogens is 1. The Kier molecular flexibility index (Phi) is 3.36. The van der Waals surface area contributed by atoms with Gasteiger partial charge in [0.1, 0.15) is 5.15 Å². The molecule has 0 atom stereocenters. The zero-order valence-electron chi connectivity index (χ0n) is 8.62. The highest BCUT2D eigenvalue weighted by Crippen LogP contribution is 2.29. The third kappa shape index (κ3) is 2.28. The zero-order chi connectivity index (χ0) is 12.4. The molecule has 0 saturated carbocycles. The molecule has 1 aromatic heterocycles. The molecule has 0 fully saturated rings. The zero-order valence-corrected chi connectivity index (χ0v) is 9.38. The number of benzene rings is 1.